The second kappa shape index (κ2) is 6.85. The number of halogens is 1. The molecule has 0 fully saturated rings. The van der Waals surface area contributed by atoms with Gasteiger partial charge < -0.3 is 9.73 Å². The van der Waals surface area contributed by atoms with E-state index >= 15 is 0 Å². The van der Waals surface area contributed by atoms with E-state index in [0.717, 1.165) is 5.56 Å². The summed E-state index contributed by atoms with van der Waals surface area (Å²) >= 11 is 5.98. The van der Waals surface area contributed by atoms with Gasteiger partial charge in [-0.1, -0.05) is 25.4 Å². The number of H-pyrrole nitrogens is 2. The number of hydrogen-bond donors (Lipinski definition) is 3. The Morgan fingerprint density at radius 2 is 1.74 bits per heavy atom. The molecule has 31 heavy (non-hydrogen) atoms. The lowest BCUT2D eigenvalue weighted by Gasteiger charge is -2.37. The standard InChI is InChI=1S/C23H20ClN3O4/c1-23(2)9-13-17(14(28)10-23)18(19-20(25-13)26-22(30)27-21(19)29)16-8-7-15(31-16)11-3-5-12(24)6-4-11/h3-8,18H,9-10H2,1-2H3,(H3,25,26,27,29,30). The Kier molecular flexibility index (Phi) is 4.34. The summed E-state index contributed by atoms with van der Waals surface area (Å²) in [5, 5.41) is 3.75. The lowest BCUT2D eigenvalue weighted by molar-refractivity contribution is -0.118. The molecule has 8 heteroatoms. The first-order valence-electron chi connectivity index (χ1n) is 9.97. The number of aromatic nitrogens is 2. The van der Waals surface area contributed by atoms with E-state index in [1.54, 1.807) is 24.3 Å². The van der Waals surface area contributed by atoms with Gasteiger partial charge in [0.25, 0.3) is 5.56 Å². The van der Waals surface area contributed by atoms with Gasteiger partial charge in [-0.3, -0.25) is 19.6 Å². The van der Waals surface area contributed by atoms with Gasteiger partial charge in [-0.15, -0.1) is 0 Å². The zero-order chi connectivity index (χ0) is 21.9. The molecular formula is C23H20ClN3O4. The van der Waals surface area contributed by atoms with E-state index in [9.17, 15) is 14.4 Å². The molecule has 3 heterocycles. The molecule has 3 N–H and O–H groups in total. The second-order valence-corrected chi connectivity index (χ2v) is 9.23. The van der Waals surface area contributed by atoms with Crippen LogP contribution in [0, 0.1) is 5.41 Å². The van der Waals surface area contributed by atoms with Crippen LogP contribution >= 0.6 is 11.6 Å². The number of anilines is 1. The fourth-order valence-corrected chi connectivity index (χ4v) is 4.63. The average Bonchev–Trinajstić information content (AvgIpc) is 3.15. The number of nitrogens with one attached hydrogen (secondary N) is 3. The maximum absolute atomic E-state index is 13.2. The quantitative estimate of drug-likeness (QED) is 0.557. The average molecular weight is 438 g/mol. The lowest BCUT2D eigenvalue weighted by atomic mass is 9.70. The molecule has 5 rings (SSSR count). The van der Waals surface area contributed by atoms with Crippen LogP contribution < -0.4 is 16.6 Å². The van der Waals surface area contributed by atoms with Gasteiger partial charge in [0.1, 0.15) is 17.3 Å². The second-order valence-electron chi connectivity index (χ2n) is 8.80. The summed E-state index contributed by atoms with van der Waals surface area (Å²) in [6, 6.07) is 10.8. The largest absolute Gasteiger partial charge is 0.460 e. The monoisotopic (exact) mass is 437 g/mol. The van der Waals surface area contributed by atoms with Gasteiger partial charge in [-0.2, -0.15) is 0 Å². The van der Waals surface area contributed by atoms with E-state index in [1.165, 1.54) is 0 Å². The predicted molar refractivity (Wildman–Crippen MR) is 117 cm³/mol. The van der Waals surface area contributed by atoms with Gasteiger partial charge >= 0.3 is 5.69 Å². The van der Waals surface area contributed by atoms with E-state index < -0.39 is 17.2 Å². The summed E-state index contributed by atoms with van der Waals surface area (Å²) in [7, 11) is 0. The van der Waals surface area contributed by atoms with E-state index in [4.69, 9.17) is 16.0 Å². The minimum absolute atomic E-state index is 0.0376. The molecule has 0 amide bonds. The number of allylic oxidation sites excluding steroid dienone is 2. The Morgan fingerprint density at radius 3 is 2.48 bits per heavy atom. The van der Waals surface area contributed by atoms with Crippen molar-refractivity contribution in [3.63, 3.8) is 0 Å². The molecule has 0 spiro atoms. The Morgan fingerprint density at radius 1 is 1.00 bits per heavy atom. The Labute approximate surface area is 182 Å². The molecule has 1 aliphatic carbocycles. The molecule has 0 saturated carbocycles. The van der Waals surface area contributed by atoms with Crippen molar-refractivity contribution in [1.29, 1.82) is 0 Å². The van der Waals surface area contributed by atoms with E-state index in [2.05, 4.69) is 15.3 Å². The van der Waals surface area contributed by atoms with Crippen molar-refractivity contribution in [3.05, 3.63) is 84.9 Å². The molecule has 1 atom stereocenters. The number of carbonyl (C=O) groups is 1. The fraction of sp³-hybridized carbons (Fsp3) is 0.261. The zero-order valence-corrected chi connectivity index (χ0v) is 17.7. The van der Waals surface area contributed by atoms with Crippen molar-refractivity contribution < 1.29 is 9.21 Å². The molecule has 158 valence electrons. The number of benzene rings is 1. The number of hydrogen-bond acceptors (Lipinski definition) is 5. The van der Waals surface area contributed by atoms with Crippen molar-refractivity contribution >= 4 is 23.2 Å². The number of ketones is 1. The number of fused-ring (bicyclic) bond motifs is 1. The molecule has 1 aromatic carbocycles. The number of aromatic amines is 2. The normalized spacial score (nSPS) is 19.6. The number of rotatable bonds is 2. The molecule has 1 unspecified atom stereocenters. The van der Waals surface area contributed by atoms with Crippen LogP contribution in [0.4, 0.5) is 5.82 Å². The molecule has 0 saturated heterocycles. The first kappa shape index (κ1) is 19.6. The highest BCUT2D eigenvalue weighted by molar-refractivity contribution is 6.30. The highest BCUT2D eigenvalue weighted by Crippen LogP contribution is 2.47. The first-order valence-corrected chi connectivity index (χ1v) is 10.3. The highest BCUT2D eigenvalue weighted by atomic mass is 35.5. The van der Waals surface area contributed by atoms with Crippen LogP contribution in [-0.4, -0.2) is 15.8 Å². The van der Waals surface area contributed by atoms with Gasteiger partial charge in [0.05, 0.1) is 11.5 Å². The van der Waals surface area contributed by atoms with Crippen molar-refractivity contribution in [3.8, 4) is 11.3 Å². The van der Waals surface area contributed by atoms with Crippen molar-refractivity contribution in [2.75, 3.05) is 5.32 Å². The third-order valence-corrected chi connectivity index (χ3v) is 6.04. The van der Waals surface area contributed by atoms with Crippen LogP contribution in [0.1, 0.15) is 43.9 Å². The molecule has 0 radical (unpaired) electrons. The topological polar surface area (TPSA) is 108 Å². The Bertz CT molecular complexity index is 1360. The van der Waals surface area contributed by atoms with Gasteiger partial charge in [0.2, 0.25) is 0 Å². The lowest BCUT2D eigenvalue weighted by Crippen LogP contribution is -2.38. The highest BCUT2D eigenvalue weighted by Gasteiger charge is 2.43. The van der Waals surface area contributed by atoms with Crippen LogP contribution in [0.2, 0.25) is 5.02 Å². The molecule has 0 bridgehead atoms. The molecule has 2 aromatic heterocycles. The van der Waals surface area contributed by atoms with Crippen molar-refractivity contribution in [1.82, 2.24) is 9.97 Å². The van der Waals surface area contributed by atoms with Crippen molar-refractivity contribution in [2.45, 2.75) is 32.6 Å². The maximum Gasteiger partial charge on any atom is 0.327 e. The van der Waals surface area contributed by atoms with Crippen LogP contribution in [0.5, 0.6) is 0 Å². The minimum Gasteiger partial charge on any atom is -0.460 e. The molecule has 3 aromatic rings. The third kappa shape index (κ3) is 3.35. The zero-order valence-electron chi connectivity index (χ0n) is 17.0. The summed E-state index contributed by atoms with van der Waals surface area (Å²) in [6.45, 7) is 4.04. The van der Waals surface area contributed by atoms with E-state index in [1.807, 2.05) is 26.0 Å². The summed E-state index contributed by atoms with van der Waals surface area (Å²) in [6.07, 6.45) is 0.981. The minimum atomic E-state index is -0.712. The first-order chi connectivity index (χ1) is 14.7. The van der Waals surface area contributed by atoms with Gasteiger partial charge in [0, 0.05) is 28.3 Å². The molecular weight excluding hydrogens is 418 g/mol. The van der Waals surface area contributed by atoms with Crippen LogP contribution in [0.15, 0.2) is 61.7 Å². The molecule has 2 aliphatic rings. The predicted octanol–water partition coefficient (Wildman–Crippen LogP) is 4.18. The number of furan rings is 1. The van der Waals surface area contributed by atoms with Gasteiger partial charge in [-0.05, 0) is 48.2 Å². The summed E-state index contributed by atoms with van der Waals surface area (Å²) in [5.74, 6) is 0.609. The molecule has 1 aliphatic heterocycles. The number of carbonyl (C=O) groups excluding carboxylic acids is 1. The Balaban J connectivity index is 1.70. The smallest absolute Gasteiger partial charge is 0.327 e. The molecule has 7 nitrogen and oxygen atoms in total. The van der Waals surface area contributed by atoms with Gasteiger partial charge in [0.15, 0.2) is 5.78 Å². The Hall–Kier alpha value is -3.32. The number of Topliss-reactive ketones (excluding diaryl/α,β-unsaturated/α-hetero) is 1. The summed E-state index contributed by atoms with van der Waals surface area (Å²) in [4.78, 5) is 42.8. The fourth-order valence-electron chi connectivity index (χ4n) is 4.51. The van der Waals surface area contributed by atoms with Crippen LogP contribution in [0.3, 0.4) is 0 Å². The summed E-state index contributed by atoms with van der Waals surface area (Å²) in [5.41, 5.74) is 0.927. The van der Waals surface area contributed by atoms with Crippen LogP contribution in [-0.2, 0) is 4.79 Å². The summed E-state index contributed by atoms with van der Waals surface area (Å²) < 4.78 is 6.14. The maximum atomic E-state index is 13.2. The SMILES string of the molecule is CC1(C)CC(=O)C2=C(C1)Nc1[nH]c(=O)[nH]c(=O)c1C2c1ccc(-c2ccc(Cl)cc2)o1. The van der Waals surface area contributed by atoms with Gasteiger partial charge in [-0.25, -0.2) is 4.79 Å². The van der Waals surface area contributed by atoms with E-state index in [0.29, 0.717) is 46.5 Å². The van der Waals surface area contributed by atoms with Crippen LogP contribution in [0.25, 0.3) is 11.3 Å². The third-order valence-electron chi connectivity index (χ3n) is 5.79. The van der Waals surface area contributed by atoms with Crippen molar-refractivity contribution in [2.24, 2.45) is 5.41 Å². The van der Waals surface area contributed by atoms with E-state index in [-0.39, 0.29) is 16.8 Å².